The zero-order valence-corrected chi connectivity index (χ0v) is 14.3. The highest BCUT2D eigenvalue weighted by atomic mass is 32.2. The second-order valence-electron chi connectivity index (χ2n) is 6.12. The van der Waals surface area contributed by atoms with E-state index in [2.05, 4.69) is 5.32 Å². The number of methoxy groups -OCH3 is 1. The molecule has 3 atom stereocenters. The number of furan rings is 1. The Labute approximate surface area is 143 Å². The Morgan fingerprint density at radius 1 is 1.46 bits per heavy atom. The third-order valence-electron chi connectivity index (χ3n) is 4.11. The van der Waals surface area contributed by atoms with Crippen LogP contribution in [-0.4, -0.2) is 52.0 Å². The molecule has 0 aliphatic carbocycles. The Bertz CT molecular complexity index is 697. The number of fused-ring (bicyclic) bond motifs is 1. The molecule has 1 aromatic rings. The van der Waals surface area contributed by atoms with Gasteiger partial charge >= 0.3 is 5.97 Å². The first kappa shape index (κ1) is 16.6. The Hall–Kier alpha value is -2.22. The number of hydrogen-bond donors (Lipinski definition) is 1. The quantitative estimate of drug-likeness (QED) is 0.495. The van der Waals surface area contributed by atoms with E-state index in [9.17, 15) is 14.4 Å². The summed E-state index contributed by atoms with van der Waals surface area (Å²) >= 11 is 1.49. The molecule has 24 heavy (non-hydrogen) atoms. The largest absolute Gasteiger partial charge is 0.467 e. The maximum absolute atomic E-state index is 12.4. The van der Waals surface area contributed by atoms with Crippen LogP contribution in [0.3, 0.4) is 0 Å². The summed E-state index contributed by atoms with van der Waals surface area (Å²) in [6, 6.07) is 2.15. The SMILES string of the molecule is COC(=O)[C@@H]1N2C(=O)[C@@H](NC(=O)/C=C/c3ccco3)[C@H]2SC1(C)C. The van der Waals surface area contributed by atoms with Gasteiger partial charge in [-0.2, -0.15) is 0 Å². The molecule has 0 radical (unpaired) electrons. The lowest BCUT2D eigenvalue weighted by Gasteiger charge is -2.43. The fourth-order valence-corrected chi connectivity index (χ4v) is 4.60. The van der Waals surface area contributed by atoms with Gasteiger partial charge in [-0.05, 0) is 32.1 Å². The van der Waals surface area contributed by atoms with E-state index in [1.54, 1.807) is 12.1 Å². The van der Waals surface area contributed by atoms with Crippen LogP contribution in [-0.2, 0) is 19.1 Å². The van der Waals surface area contributed by atoms with E-state index >= 15 is 0 Å². The van der Waals surface area contributed by atoms with Crippen LogP contribution in [0.2, 0.25) is 0 Å². The van der Waals surface area contributed by atoms with E-state index in [4.69, 9.17) is 9.15 Å². The molecule has 2 aliphatic rings. The van der Waals surface area contributed by atoms with Crippen LogP contribution in [0.25, 0.3) is 6.08 Å². The van der Waals surface area contributed by atoms with Gasteiger partial charge in [-0.25, -0.2) is 4.79 Å². The second-order valence-corrected chi connectivity index (χ2v) is 7.89. The predicted octanol–water partition coefficient (Wildman–Crippen LogP) is 1.01. The highest BCUT2D eigenvalue weighted by Gasteiger charge is 2.64. The van der Waals surface area contributed by atoms with E-state index in [1.807, 2.05) is 13.8 Å². The number of carbonyl (C=O) groups is 3. The summed E-state index contributed by atoms with van der Waals surface area (Å²) in [7, 11) is 1.30. The van der Waals surface area contributed by atoms with E-state index in [1.165, 1.54) is 42.2 Å². The minimum atomic E-state index is -0.642. The van der Waals surface area contributed by atoms with Crippen molar-refractivity contribution < 1.29 is 23.5 Å². The standard InChI is InChI=1S/C16H18N2O5S/c1-16(2)12(15(21)22-3)18-13(20)11(14(18)24-16)17-10(19)7-6-9-5-4-8-23-9/h4-8,11-12,14H,1-3H3,(H,17,19)/b7-6+/t11-,12+,14-/m1/s1. The van der Waals surface area contributed by atoms with Crippen molar-refractivity contribution in [3.05, 3.63) is 30.2 Å². The van der Waals surface area contributed by atoms with Crippen molar-refractivity contribution in [2.45, 2.75) is 36.1 Å². The summed E-state index contributed by atoms with van der Waals surface area (Å²) < 4.78 is 9.44. The maximum Gasteiger partial charge on any atom is 0.330 e. The van der Waals surface area contributed by atoms with E-state index in [0.717, 1.165) is 0 Å². The van der Waals surface area contributed by atoms with E-state index in [0.29, 0.717) is 5.76 Å². The molecule has 3 rings (SSSR count). The molecule has 128 valence electrons. The van der Waals surface area contributed by atoms with Crippen molar-refractivity contribution in [2.75, 3.05) is 7.11 Å². The van der Waals surface area contributed by atoms with Gasteiger partial charge in [0.05, 0.1) is 13.4 Å². The number of hydrogen-bond acceptors (Lipinski definition) is 6. The summed E-state index contributed by atoms with van der Waals surface area (Å²) in [5.41, 5.74) is 0. The monoisotopic (exact) mass is 350 g/mol. The van der Waals surface area contributed by atoms with E-state index < -0.39 is 22.8 Å². The van der Waals surface area contributed by atoms with Gasteiger partial charge in [-0.3, -0.25) is 9.59 Å². The molecule has 0 unspecified atom stereocenters. The molecule has 2 fully saturated rings. The molecule has 1 aromatic heterocycles. The highest BCUT2D eigenvalue weighted by Crippen LogP contribution is 2.50. The summed E-state index contributed by atoms with van der Waals surface area (Å²) in [4.78, 5) is 37.9. The Kier molecular flexibility index (Phi) is 4.16. The average Bonchev–Trinajstić information content (AvgIpc) is 3.14. The Morgan fingerprint density at radius 2 is 2.21 bits per heavy atom. The van der Waals surface area contributed by atoms with Crippen LogP contribution >= 0.6 is 11.8 Å². The summed E-state index contributed by atoms with van der Waals surface area (Å²) in [5.74, 6) is -0.544. The molecule has 2 amide bonds. The van der Waals surface area contributed by atoms with Gasteiger partial charge in [0.1, 0.15) is 23.2 Å². The van der Waals surface area contributed by atoms with Crippen LogP contribution in [0.15, 0.2) is 28.9 Å². The molecule has 0 saturated carbocycles. The molecular weight excluding hydrogens is 332 g/mol. The smallest absolute Gasteiger partial charge is 0.330 e. The van der Waals surface area contributed by atoms with Crippen molar-refractivity contribution in [3.63, 3.8) is 0 Å². The summed E-state index contributed by atoms with van der Waals surface area (Å²) in [6.45, 7) is 3.78. The number of nitrogens with one attached hydrogen (secondary N) is 1. The molecule has 1 N–H and O–H groups in total. The van der Waals surface area contributed by atoms with E-state index in [-0.39, 0.29) is 17.2 Å². The average molecular weight is 350 g/mol. The predicted molar refractivity (Wildman–Crippen MR) is 87.8 cm³/mol. The lowest BCUT2D eigenvalue weighted by atomic mass is 9.96. The molecule has 0 aromatic carbocycles. The number of amides is 2. The van der Waals surface area contributed by atoms with Crippen molar-refractivity contribution in [3.8, 4) is 0 Å². The molecule has 7 nitrogen and oxygen atoms in total. The third kappa shape index (κ3) is 2.71. The van der Waals surface area contributed by atoms with Crippen molar-refractivity contribution >= 4 is 35.6 Å². The highest BCUT2D eigenvalue weighted by molar-refractivity contribution is 8.01. The zero-order valence-electron chi connectivity index (χ0n) is 13.5. The summed E-state index contributed by atoms with van der Waals surface area (Å²) in [5, 5.41) is 2.42. The molecule has 2 aliphatic heterocycles. The molecule has 3 heterocycles. The minimum absolute atomic E-state index is 0.266. The number of thioether (sulfide) groups is 1. The van der Waals surface area contributed by atoms with Crippen LogP contribution < -0.4 is 5.32 Å². The maximum atomic E-state index is 12.4. The van der Waals surface area contributed by atoms with Gasteiger partial charge in [-0.1, -0.05) is 0 Å². The van der Waals surface area contributed by atoms with Gasteiger partial charge in [-0.15, -0.1) is 11.8 Å². The number of ether oxygens (including phenoxy) is 1. The second kappa shape index (κ2) is 6.01. The molecule has 2 saturated heterocycles. The summed E-state index contributed by atoms with van der Waals surface area (Å²) in [6.07, 6.45) is 4.35. The Morgan fingerprint density at radius 3 is 2.83 bits per heavy atom. The van der Waals surface area contributed by atoms with Crippen molar-refractivity contribution in [1.82, 2.24) is 10.2 Å². The van der Waals surface area contributed by atoms with Gasteiger partial charge in [0, 0.05) is 10.8 Å². The van der Waals surface area contributed by atoms with Crippen LogP contribution in [0.1, 0.15) is 19.6 Å². The zero-order chi connectivity index (χ0) is 17.5. The van der Waals surface area contributed by atoms with Crippen LogP contribution in [0, 0.1) is 0 Å². The fraction of sp³-hybridized carbons (Fsp3) is 0.438. The number of esters is 1. The Balaban J connectivity index is 1.67. The first-order valence-corrected chi connectivity index (χ1v) is 8.33. The minimum Gasteiger partial charge on any atom is -0.467 e. The number of carbonyl (C=O) groups excluding carboxylic acids is 3. The normalized spacial score (nSPS) is 27.7. The fourth-order valence-electron chi connectivity index (χ4n) is 2.98. The van der Waals surface area contributed by atoms with Gasteiger partial charge in [0.15, 0.2) is 0 Å². The molecular formula is C16H18N2O5S. The number of nitrogens with zero attached hydrogens (tertiary/aromatic N) is 1. The molecule has 0 bridgehead atoms. The number of β-lactam (4-membered cyclic amide) rings is 1. The number of rotatable bonds is 4. The topological polar surface area (TPSA) is 88.9 Å². The third-order valence-corrected chi connectivity index (χ3v) is 5.68. The lowest BCUT2D eigenvalue weighted by Crippen LogP contribution is -2.70. The van der Waals surface area contributed by atoms with Crippen molar-refractivity contribution in [1.29, 1.82) is 0 Å². The van der Waals surface area contributed by atoms with Gasteiger partial charge < -0.3 is 19.4 Å². The van der Waals surface area contributed by atoms with Gasteiger partial charge in [0.25, 0.3) is 0 Å². The first-order chi connectivity index (χ1) is 11.3. The van der Waals surface area contributed by atoms with Crippen molar-refractivity contribution in [2.24, 2.45) is 0 Å². The van der Waals surface area contributed by atoms with Crippen LogP contribution in [0.5, 0.6) is 0 Å². The van der Waals surface area contributed by atoms with Crippen LogP contribution in [0.4, 0.5) is 0 Å². The van der Waals surface area contributed by atoms with Gasteiger partial charge in [0.2, 0.25) is 11.8 Å². The molecule has 8 heteroatoms. The lowest BCUT2D eigenvalue weighted by molar-refractivity contribution is -0.162. The molecule has 0 spiro atoms. The first-order valence-electron chi connectivity index (χ1n) is 7.45.